The Morgan fingerprint density at radius 3 is 2.52 bits per heavy atom. The van der Waals surface area contributed by atoms with Crippen LogP contribution in [0, 0.1) is 11.7 Å². The molecule has 0 aromatic heterocycles. The van der Waals surface area contributed by atoms with Gasteiger partial charge < -0.3 is 10.0 Å². The van der Waals surface area contributed by atoms with Gasteiger partial charge in [-0.2, -0.15) is 5.10 Å². The Kier molecular flexibility index (Phi) is 5.26. The number of hydrazone groups is 1. The molecule has 1 amide bonds. The first-order valence-corrected chi connectivity index (χ1v) is 11.2. The van der Waals surface area contributed by atoms with Crippen molar-refractivity contribution < 1.29 is 14.3 Å². The summed E-state index contributed by atoms with van der Waals surface area (Å²) in [5.41, 5.74) is 1.92. The van der Waals surface area contributed by atoms with Crippen molar-refractivity contribution in [3.8, 4) is 11.1 Å². The van der Waals surface area contributed by atoms with Crippen molar-refractivity contribution in [3.63, 3.8) is 0 Å². The Balaban J connectivity index is 1.27. The zero-order chi connectivity index (χ0) is 21.4. The molecule has 2 aliphatic heterocycles. The monoisotopic (exact) mass is 421 g/mol. The molecule has 0 spiro atoms. The smallest absolute Gasteiger partial charge is 0.225 e. The fourth-order valence-corrected chi connectivity index (χ4v) is 4.77. The molecule has 2 aromatic rings. The van der Waals surface area contributed by atoms with Gasteiger partial charge in [0.2, 0.25) is 5.91 Å². The van der Waals surface area contributed by atoms with E-state index in [4.69, 9.17) is 0 Å². The molecule has 1 atom stereocenters. The quantitative estimate of drug-likeness (QED) is 0.787. The molecule has 1 aliphatic carbocycles. The normalized spacial score (nSPS) is 22.7. The molecule has 1 saturated heterocycles. The SMILES string of the molecule is O=C(C1CC1)N1CCC(O)(CC2CC=NN2c2cccc(-c3cccc(F)c3)c2)CC1. The lowest BCUT2D eigenvalue weighted by molar-refractivity contribution is -0.137. The summed E-state index contributed by atoms with van der Waals surface area (Å²) in [7, 11) is 0. The summed E-state index contributed by atoms with van der Waals surface area (Å²) in [5.74, 6) is 0.242. The summed E-state index contributed by atoms with van der Waals surface area (Å²) in [4.78, 5) is 14.2. The van der Waals surface area contributed by atoms with E-state index >= 15 is 0 Å². The Labute approximate surface area is 182 Å². The second kappa shape index (κ2) is 8.08. The molecule has 1 N–H and O–H groups in total. The second-order valence-electron chi connectivity index (χ2n) is 9.12. The van der Waals surface area contributed by atoms with Crippen LogP contribution in [0.2, 0.25) is 0 Å². The molecular weight excluding hydrogens is 393 g/mol. The summed E-state index contributed by atoms with van der Waals surface area (Å²) < 4.78 is 13.7. The minimum absolute atomic E-state index is 0.0680. The number of benzene rings is 2. The lowest BCUT2D eigenvalue weighted by atomic mass is 9.84. The molecule has 1 unspecified atom stereocenters. The maximum Gasteiger partial charge on any atom is 0.225 e. The molecule has 2 fully saturated rings. The molecule has 5 nitrogen and oxygen atoms in total. The number of carbonyl (C=O) groups excluding carboxylic acids is 1. The van der Waals surface area contributed by atoms with Gasteiger partial charge in [0.25, 0.3) is 0 Å². The van der Waals surface area contributed by atoms with Crippen LogP contribution in [0.1, 0.15) is 38.5 Å². The molecule has 6 heteroatoms. The van der Waals surface area contributed by atoms with Gasteiger partial charge in [-0.25, -0.2) is 4.39 Å². The molecule has 162 valence electrons. The van der Waals surface area contributed by atoms with Crippen molar-refractivity contribution in [2.45, 2.75) is 50.2 Å². The van der Waals surface area contributed by atoms with Crippen molar-refractivity contribution in [1.82, 2.24) is 4.90 Å². The van der Waals surface area contributed by atoms with E-state index in [1.165, 1.54) is 12.1 Å². The number of hydrogen-bond donors (Lipinski definition) is 1. The van der Waals surface area contributed by atoms with Crippen LogP contribution in [0.15, 0.2) is 53.6 Å². The van der Waals surface area contributed by atoms with Crippen molar-refractivity contribution in [2.24, 2.45) is 11.0 Å². The summed E-state index contributed by atoms with van der Waals surface area (Å²) in [6.07, 6.45) is 6.54. The van der Waals surface area contributed by atoms with Crippen LogP contribution in [0.3, 0.4) is 0 Å². The lowest BCUT2D eigenvalue weighted by Crippen LogP contribution is -2.49. The van der Waals surface area contributed by atoms with Crippen molar-refractivity contribution in [2.75, 3.05) is 18.1 Å². The van der Waals surface area contributed by atoms with E-state index in [2.05, 4.69) is 5.10 Å². The van der Waals surface area contributed by atoms with Gasteiger partial charge in [0.15, 0.2) is 0 Å². The van der Waals surface area contributed by atoms with Crippen LogP contribution >= 0.6 is 0 Å². The number of anilines is 1. The number of nitrogens with zero attached hydrogens (tertiary/aromatic N) is 3. The van der Waals surface area contributed by atoms with Crippen LogP contribution in [-0.2, 0) is 4.79 Å². The van der Waals surface area contributed by atoms with Crippen molar-refractivity contribution in [1.29, 1.82) is 0 Å². The van der Waals surface area contributed by atoms with Crippen LogP contribution < -0.4 is 5.01 Å². The standard InChI is InChI=1S/C25H28FN3O2/c26-21-5-1-3-19(15-21)20-4-2-6-22(16-20)29-23(9-12-27-29)17-25(31)10-13-28(14-11-25)24(30)18-7-8-18/h1-6,12,15-16,18,23,31H,7-11,13-14,17H2. The highest BCUT2D eigenvalue weighted by Crippen LogP contribution is 2.37. The van der Waals surface area contributed by atoms with Crippen molar-refractivity contribution in [3.05, 3.63) is 54.3 Å². The van der Waals surface area contributed by atoms with E-state index in [0.717, 1.165) is 36.1 Å². The highest BCUT2D eigenvalue weighted by Gasteiger charge is 2.41. The number of carbonyl (C=O) groups is 1. The fraction of sp³-hybridized carbons (Fsp3) is 0.440. The molecular formula is C25H28FN3O2. The van der Waals surface area contributed by atoms with Crippen LogP contribution in [0.4, 0.5) is 10.1 Å². The van der Waals surface area contributed by atoms with E-state index in [1.807, 2.05) is 46.5 Å². The van der Waals surface area contributed by atoms with E-state index in [1.54, 1.807) is 6.07 Å². The van der Waals surface area contributed by atoms with Gasteiger partial charge in [-0.1, -0.05) is 24.3 Å². The van der Waals surface area contributed by atoms with Gasteiger partial charge in [-0.15, -0.1) is 0 Å². The number of piperidine rings is 1. The molecule has 0 bridgehead atoms. The first-order chi connectivity index (χ1) is 15.0. The number of likely N-dealkylation sites (tertiary alicyclic amines) is 1. The summed E-state index contributed by atoms with van der Waals surface area (Å²) in [6.45, 7) is 1.27. The number of halogens is 1. The fourth-order valence-electron chi connectivity index (χ4n) is 4.77. The highest BCUT2D eigenvalue weighted by atomic mass is 19.1. The van der Waals surface area contributed by atoms with Crippen LogP contribution in [0.5, 0.6) is 0 Å². The summed E-state index contributed by atoms with van der Waals surface area (Å²) in [6, 6.07) is 14.6. The van der Waals surface area contributed by atoms with Gasteiger partial charge in [0, 0.05) is 31.6 Å². The average Bonchev–Trinajstić information content (AvgIpc) is 3.53. The number of hydrogen-bond acceptors (Lipinski definition) is 4. The van der Waals surface area contributed by atoms with E-state index in [-0.39, 0.29) is 23.7 Å². The molecule has 31 heavy (non-hydrogen) atoms. The zero-order valence-corrected chi connectivity index (χ0v) is 17.6. The van der Waals surface area contributed by atoms with Crippen LogP contribution in [0.25, 0.3) is 11.1 Å². The first kappa shape index (κ1) is 20.2. The number of aliphatic hydroxyl groups is 1. The third-order valence-corrected chi connectivity index (χ3v) is 6.75. The number of amides is 1. The maximum atomic E-state index is 13.7. The molecule has 0 radical (unpaired) electrons. The van der Waals surface area contributed by atoms with Crippen molar-refractivity contribution >= 4 is 17.8 Å². The molecule has 3 aliphatic rings. The average molecular weight is 422 g/mol. The predicted molar refractivity (Wildman–Crippen MR) is 119 cm³/mol. The molecule has 5 rings (SSSR count). The summed E-state index contributed by atoms with van der Waals surface area (Å²) in [5, 5.41) is 17.8. The summed E-state index contributed by atoms with van der Waals surface area (Å²) >= 11 is 0. The molecule has 2 aromatic carbocycles. The second-order valence-corrected chi connectivity index (χ2v) is 9.12. The highest BCUT2D eigenvalue weighted by molar-refractivity contribution is 5.81. The van der Waals surface area contributed by atoms with Crippen LogP contribution in [-0.4, -0.2) is 46.9 Å². The van der Waals surface area contributed by atoms with Gasteiger partial charge in [0.1, 0.15) is 5.82 Å². The Bertz CT molecular complexity index is 996. The minimum atomic E-state index is -0.781. The topological polar surface area (TPSA) is 56.1 Å². The van der Waals surface area contributed by atoms with E-state index in [9.17, 15) is 14.3 Å². The predicted octanol–water partition coefficient (Wildman–Crippen LogP) is 4.21. The van der Waals surface area contributed by atoms with Gasteiger partial charge in [-0.3, -0.25) is 9.80 Å². The lowest BCUT2D eigenvalue weighted by Gasteiger charge is -2.40. The Morgan fingerprint density at radius 2 is 1.81 bits per heavy atom. The third-order valence-electron chi connectivity index (χ3n) is 6.75. The Hall–Kier alpha value is -2.73. The van der Waals surface area contributed by atoms with Gasteiger partial charge in [-0.05, 0) is 67.5 Å². The van der Waals surface area contributed by atoms with Gasteiger partial charge >= 0.3 is 0 Å². The Morgan fingerprint density at radius 1 is 1.10 bits per heavy atom. The molecule has 1 saturated carbocycles. The third kappa shape index (κ3) is 4.35. The minimum Gasteiger partial charge on any atom is -0.390 e. The number of rotatable bonds is 5. The maximum absolute atomic E-state index is 13.7. The first-order valence-electron chi connectivity index (χ1n) is 11.2. The van der Waals surface area contributed by atoms with E-state index in [0.29, 0.717) is 32.4 Å². The molecule has 2 heterocycles. The zero-order valence-electron chi connectivity index (χ0n) is 17.6. The van der Waals surface area contributed by atoms with Gasteiger partial charge in [0.05, 0.1) is 17.3 Å². The van der Waals surface area contributed by atoms with E-state index < -0.39 is 5.60 Å². The largest absolute Gasteiger partial charge is 0.390 e.